The average Bonchev–Trinajstić information content (AvgIpc) is 2.97. The molecule has 0 bridgehead atoms. The molecule has 5 heteroatoms. The Hall–Kier alpha value is -1.62. The van der Waals surface area contributed by atoms with Gasteiger partial charge in [0, 0.05) is 28.5 Å². The highest BCUT2D eigenvalue weighted by Gasteiger charge is 2.23. The Morgan fingerprint density at radius 2 is 2.15 bits per heavy atom. The number of aryl methyl sites for hydroxylation is 1. The minimum absolute atomic E-state index is 0.0206. The highest BCUT2D eigenvalue weighted by molar-refractivity contribution is 7.12. The zero-order chi connectivity index (χ0) is 14.9. The highest BCUT2D eigenvalue weighted by Crippen LogP contribution is 2.22. The van der Waals surface area contributed by atoms with Gasteiger partial charge in [-0.1, -0.05) is 6.92 Å². The number of rotatable bonds is 4. The molecule has 2 heterocycles. The molecule has 2 aromatic heterocycles. The zero-order valence-electron chi connectivity index (χ0n) is 12.7. The molecule has 20 heavy (non-hydrogen) atoms. The van der Waals surface area contributed by atoms with Crippen LogP contribution in [-0.4, -0.2) is 21.0 Å². The van der Waals surface area contributed by atoms with E-state index in [1.54, 1.807) is 17.5 Å². The van der Waals surface area contributed by atoms with Crippen molar-refractivity contribution in [3.8, 4) is 5.13 Å². The van der Waals surface area contributed by atoms with Gasteiger partial charge in [0.25, 0.3) is 5.91 Å². The average molecular weight is 291 g/mol. The SMILES string of the molecule is CCC(C)(C)NC(=O)c1cc(C)n(-c2nccs2)c1C. The third-order valence-corrected chi connectivity index (χ3v) is 4.38. The summed E-state index contributed by atoms with van der Waals surface area (Å²) in [4.78, 5) is 16.8. The number of nitrogens with one attached hydrogen (secondary N) is 1. The molecule has 4 nitrogen and oxygen atoms in total. The van der Waals surface area contributed by atoms with Crippen LogP contribution in [0.2, 0.25) is 0 Å². The van der Waals surface area contributed by atoms with Gasteiger partial charge in [-0.2, -0.15) is 0 Å². The van der Waals surface area contributed by atoms with Gasteiger partial charge in [-0.25, -0.2) is 4.98 Å². The van der Waals surface area contributed by atoms with Gasteiger partial charge in [0.1, 0.15) is 0 Å². The number of hydrogen-bond donors (Lipinski definition) is 1. The van der Waals surface area contributed by atoms with Gasteiger partial charge >= 0.3 is 0 Å². The maximum atomic E-state index is 12.4. The van der Waals surface area contributed by atoms with Crippen molar-refractivity contribution >= 4 is 17.2 Å². The highest BCUT2D eigenvalue weighted by atomic mass is 32.1. The van der Waals surface area contributed by atoms with Crippen LogP contribution in [0.5, 0.6) is 0 Å². The van der Waals surface area contributed by atoms with E-state index in [1.165, 1.54) is 0 Å². The van der Waals surface area contributed by atoms with Crippen LogP contribution in [0.4, 0.5) is 0 Å². The maximum absolute atomic E-state index is 12.4. The zero-order valence-corrected chi connectivity index (χ0v) is 13.5. The van der Waals surface area contributed by atoms with E-state index in [0.717, 1.165) is 28.5 Å². The maximum Gasteiger partial charge on any atom is 0.253 e. The fourth-order valence-corrected chi connectivity index (χ4v) is 2.83. The Morgan fingerprint density at radius 1 is 1.45 bits per heavy atom. The second kappa shape index (κ2) is 5.40. The van der Waals surface area contributed by atoms with Gasteiger partial charge in [-0.3, -0.25) is 9.36 Å². The smallest absolute Gasteiger partial charge is 0.253 e. The number of nitrogens with zero attached hydrogens (tertiary/aromatic N) is 2. The quantitative estimate of drug-likeness (QED) is 0.937. The minimum atomic E-state index is -0.194. The molecular formula is C15H21N3OS. The summed E-state index contributed by atoms with van der Waals surface area (Å²) in [5, 5.41) is 5.92. The van der Waals surface area contributed by atoms with Crippen molar-refractivity contribution in [2.45, 2.75) is 46.6 Å². The van der Waals surface area contributed by atoms with E-state index in [1.807, 2.05) is 43.7 Å². The Bertz CT molecular complexity index is 611. The first-order valence-corrected chi connectivity index (χ1v) is 7.65. The van der Waals surface area contributed by atoms with Crippen molar-refractivity contribution in [1.82, 2.24) is 14.9 Å². The molecule has 0 aliphatic heterocycles. The Labute approximate surface area is 123 Å². The second-order valence-electron chi connectivity index (χ2n) is 5.63. The number of thiazole rings is 1. The standard InChI is InChI=1S/C15H21N3OS/c1-6-15(4,5)17-13(19)12-9-10(2)18(11(12)3)14-16-7-8-20-14/h7-9H,6H2,1-5H3,(H,17,19). The monoisotopic (exact) mass is 291 g/mol. The summed E-state index contributed by atoms with van der Waals surface area (Å²) in [5.74, 6) is -0.0206. The molecule has 108 valence electrons. The largest absolute Gasteiger partial charge is 0.347 e. The first-order valence-electron chi connectivity index (χ1n) is 6.77. The number of carbonyl (C=O) groups excluding carboxylic acids is 1. The van der Waals surface area contributed by atoms with E-state index in [0.29, 0.717) is 0 Å². The fourth-order valence-electron chi connectivity index (χ4n) is 2.08. The van der Waals surface area contributed by atoms with Crippen molar-refractivity contribution in [2.75, 3.05) is 0 Å². The Kier molecular flexibility index (Phi) is 3.99. The molecule has 0 aromatic carbocycles. The molecule has 0 atom stereocenters. The molecule has 0 aliphatic carbocycles. The lowest BCUT2D eigenvalue weighted by Gasteiger charge is -2.24. The second-order valence-corrected chi connectivity index (χ2v) is 6.50. The number of amides is 1. The van der Waals surface area contributed by atoms with E-state index < -0.39 is 0 Å². The topological polar surface area (TPSA) is 46.9 Å². The van der Waals surface area contributed by atoms with Crippen LogP contribution in [0.25, 0.3) is 5.13 Å². The number of carbonyl (C=O) groups is 1. The van der Waals surface area contributed by atoms with Gasteiger partial charge in [-0.15, -0.1) is 11.3 Å². The molecule has 1 amide bonds. The molecule has 2 aromatic rings. The minimum Gasteiger partial charge on any atom is -0.347 e. The molecule has 0 spiro atoms. The lowest BCUT2D eigenvalue weighted by atomic mass is 10.0. The van der Waals surface area contributed by atoms with Crippen LogP contribution in [0.3, 0.4) is 0 Å². The van der Waals surface area contributed by atoms with Crippen LogP contribution >= 0.6 is 11.3 Å². The summed E-state index contributed by atoms with van der Waals surface area (Å²) < 4.78 is 2.03. The summed E-state index contributed by atoms with van der Waals surface area (Å²) in [7, 11) is 0. The van der Waals surface area contributed by atoms with E-state index in [2.05, 4.69) is 17.2 Å². The van der Waals surface area contributed by atoms with Gasteiger partial charge in [0.15, 0.2) is 5.13 Å². The van der Waals surface area contributed by atoms with Gasteiger partial charge < -0.3 is 5.32 Å². The molecule has 1 N–H and O–H groups in total. The Balaban J connectivity index is 2.36. The van der Waals surface area contributed by atoms with Gasteiger partial charge in [0.05, 0.1) is 5.56 Å². The molecule has 0 fully saturated rings. The van der Waals surface area contributed by atoms with E-state index in [9.17, 15) is 4.79 Å². The van der Waals surface area contributed by atoms with Crippen LogP contribution in [0.1, 0.15) is 48.9 Å². The number of aromatic nitrogens is 2. The summed E-state index contributed by atoms with van der Waals surface area (Å²) in [6, 6.07) is 1.93. The van der Waals surface area contributed by atoms with E-state index in [4.69, 9.17) is 0 Å². The molecule has 0 radical (unpaired) electrons. The van der Waals surface area contributed by atoms with Crippen LogP contribution in [-0.2, 0) is 0 Å². The molecule has 2 rings (SSSR count). The van der Waals surface area contributed by atoms with E-state index >= 15 is 0 Å². The van der Waals surface area contributed by atoms with Crippen LogP contribution in [0, 0.1) is 13.8 Å². The predicted octanol–water partition coefficient (Wildman–Crippen LogP) is 3.47. The summed E-state index contributed by atoms with van der Waals surface area (Å²) >= 11 is 1.57. The van der Waals surface area contributed by atoms with Crippen molar-refractivity contribution in [3.05, 3.63) is 34.6 Å². The summed E-state index contributed by atoms with van der Waals surface area (Å²) in [6.45, 7) is 10.1. The van der Waals surface area contributed by atoms with Crippen LogP contribution in [0.15, 0.2) is 17.6 Å². The first kappa shape index (κ1) is 14.8. The van der Waals surface area contributed by atoms with Crippen molar-refractivity contribution in [1.29, 1.82) is 0 Å². The summed E-state index contributed by atoms with van der Waals surface area (Å²) in [5.41, 5.74) is 2.48. The lowest BCUT2D eigenvalue weighted by molar-refractivity contribution is 0.0910. The Morgan fingerprint density at radius 3 is 2.70 bits per heavy atom. The van der Waals surface area contributed by atoms with Crippen molar-refractivity contribution in [2.24, 2.45) is 0 Å². The fraction of sp³-hybridized carbons (Fsp3) is 0.467. The normalized spacial score (nSPS) is 11.7. The molecular weight excluding hydrogens is 270 g/mol. The third-order valence-electron chi connectivity index (χ3n) is 3.62. The van der Waals surface area contributed by atoms with Crippen molar-refractivity contribution < 1.29 is 4.79 Å². The molecule has 0 aliphatic rings. The summed E-state index contributed by atoms with van der Waals surface area (Å²) in [6.07, 6.45) is 2.67. The predicted molar refractivity (Wildman–Crippen MR) is 82.8 cm³/mol. The van der Waals surface area contributed by atoms with Gasteiger partial charge in [0.2, 0.25) is 0 Å². The van der Waals surface area contributed by atoms with Crippen LogP contribution < -0.4 is 5.32 Å². The number of hydrogen-bond acceptors (Lipinski definition) is 3. The molecule has 0 saturated heterocycles. The molecule has 0 unspecified atom stereocenters. The van der Waals surface area contributed by atoms with Crippen molar-refractivity contribution in [3.63, 3.8) is 0 Å². The first-order chi connectivity index (χ1) is 9.35. The lowest BCUT2D eigenvalue weighted by Crippen LogP contribution is -2.42. The molecule has 0 saturated carbocycles. The van der Waals surface area contributed by atoms with E-state index in [-0.39, 0.29) is 11.4 Å². The van der Waals surface area contributed by atoms with Gasteiger partial charge in [-0.05, 0) is 40.2 Å². The third kappa shape index (κ3) is 2.77.